The Morgan fingerprint density at radius 2 is 0.949 bits per heavy atom. The van der Waals surface area contributed by atoms with E-state index in [9.17, 15) is 0 Å². The van der Waals surface area contributed by atoms with Gasteiger partial charge in [-0.1, -0.05) is 66.7 Å². The summed E-state index contributed by atoms with van der Waals surface area (Å²) in [5, 5.41) is 0. The van der Waals surface area contributed by atoms with Crippen molar-refractivity contribution in [1.82, 2.24) is 19.1 Å². The van der Waals surface area contributed by atoms with Gasteiger partial charge in [0.05, 0.1) is 22.1 Å². The molecule has 5 aromatic carbocycles. The molecule has 188 valence electrons. The summed E-state index contributed by atoms with van der Waals surface area (Å²) in [6.45, 7) is 4.13. The predicted molar refractivity (Wildman–Crippen MR) is 169 cm³/mol. The van der Waals surface area contributed by atoms with Crippen molar-refractivity contribution >= 4 is 44.7 Å². The van der Waals surface area contributed by atoms with Crippen LogP contribution in [-0.2, 0) is 0 Å². The molecule has 0 radical (unpaired) electrons. The maximum atomic E-state index is 4.83. The Morgan fingerprint density at radius 1 is 0.513 bits per heavy atom. The molecule has 2 aromatic heterocycles. The predicted octanol–water partition coefficient (Wildman–Crippen LogP) is 8.92. The molecule has 4 nitrogen and oxygen atoms in total. The van der Waals surface area contributed by atoms with Crippen LogP contribution in [0.5, 0.6) is 0 Å². The van der Waals surface area contributed by atoms with Crippen molar-refractivity contribution in [2.75, 3.05) is 0 Å². The Hall–Kier alpha value is -4.23. The Kier molecular flexibility index (Phi) is 5.81. The molecule has 0 saturated heterocycles. The van der Waals surface area contributed by atoms with Gasteiger partial charge >= 0.3 is 0 Å². The normalized spacial score (nSPS) is 11.5. The van der Waals surface area contributed by atoms with Crippen LogP contribution in [0.3, 0.4) is 0 Å². The first kappa shape index (κ1) is 23.9. The molecule has 5 heteroatoms. The van der Waals surface area contributed by atoms with Crippen molar-refractivity contribution in [2.45, 2.75) is 13.8 Å². The lowest BCUT2D eigenvalue weighted by Crippen LogP contribution is -1.97. The molecule has 2 heterocycles. The van der Waals surface area contributed by atoms with Gasteiger partial charge in [0, 0.05) is 14.9 Å². The number of imidazole rings is 2. The maximum absolute atomic E-state index is 4.83. The van der Waals surface area contributed by atoms with E-state index in [1.165, 1.54) is 25.8 Å². The van der Waals surface area contributed by atoms with Crippen LogP contribution in [0.1, 0.15) is 11.6 Å². The molecule has 0 aliphatic rings. The third-order valence-electron chi connectivity index (χ3n) is 7.29. The minimum atomic E-state index is 0.982. The molecule has 0 fully saturated rings. The molecule has 0 saturated carbocycles. The summed E-state index contributed by atoms with van der Waals surface area (Å²) >= 11 is 2.50. The van der Waals surface area contributed by atoms with Crippen LogP contribution in [0.15, 0.2) is 115 Å². The fourth-order valence-electron chi connectivity index (χ4n) is 5.51. The molecule has 7 rings (SSSR count). The number of halogens is 1. The number of hydrogen-bond acceptors (Lipinski definition) is 2. The van der Waals surface area contributed by atoms with E-state index in [0.29, 0.717) is 0 Å². The minimum Gasteiger partial charge on any atom is -0.297 e. The summed E-state index contributed by atoms with van der Waals surface area (Å²) in [6.07, 6.45) is 0. The van der Waals surface area contributed by atoms with Crippen LogP contribution in [-0.4, -0.2) is 19.1 Å². The number of aryl methyl sites for hydroxylation is 2. The van der Waals surface area contributed by atoms with Gasteiger partial charge in [-0.05, 0) is 107 Å². The second-order valence-corrected chi connectivity index (χ2v) is 10.8. The molecule has 39 heavy (non-hydrogen) atoms. The van der Waals surface area contributed by atoms with E-state index >= 15 is 0 Å². The highest BCUT2D eigenvalue weighted by Crippen LogP contribution is 2.36. The first-order valence-corrected chi connectivity index (χ1v) is 14.0. The van der Waals surface area contributed by atoms with Gasteiger partial charge in [0.2, 0.25) is 0 Å². The third-order valence-corrected chi connectivity index (χ3v) is 8.46. The van der Waals surface area contributed by atoms with E-state index < -0.39 is 0 Å². The van der Waals surface area contributed by atoms with E-state index in [2.05, 4.69) is 149 Å². The van der Waals surface area contributed by atoms with Gasteiger partial charge in [0.25, 0.3) is 0 Å². The topological polar surface area (TPSA) is 35.6 Å². The fourth-order valence-corrected chi connectivity index (χ4v) is 6.49. The number of aromatic nitrogens is 4. The van der Waals surface area contributed by atoms with Crippen LogP contribution in [0.25, 0.3) is 55.7 Å². The summed E-state index contributed by atoms with van der Waals surface area (Å²) in [6, 6.07) is 40.6. The maximum Gasteiger partial charge on any atom is 0.111 e. The average molecular weight is 617 g/mol. The Balaban J connectivity index is 1.36. The molecular weight excluding hydrogens is 591 g/mol. The first-order valence-electron chi connectivity index (χ1n) is 13.0. The largest absolute Gasteiger partial charge is 0.297 e. The Labute approximate surface area is 240 Å². The second kappa shape index (κ2) is 9.50. The number of benzene rings is 5. The van der Waals surface area contributed by atoms with Crippen LogP contribution < -0.4 is 0 Å². The third kappa shape index (κ3) is 4.05. The molecule has 0 spiro atoms. The zero-order valence-electron chi connectivity index (χ0n) is 21.6. The van der Waals surface area contributed by atoms with Gasteiger partial charge in [-0.25, -0.2) is 9.97 Å². The summed E-state index contributed by atoms with van der Waals surface area (Å²) < 4.78 is 5.69. The van der Waals surface area contributed by atoms with Crippen molar-refractivity contribution in [3.05, 3.63) is 130 Å². The smallest absolute Gasteiger partial charge is 0.111 e. The van der Waals surface area contributed by atoms with Crippen LogP contribution in [0, 0.1) is 17.4 Å². The molecule has 0 bridgehead atoms. The van der Waals surface area contributed by atoms with Crippen molar-refractivity contribution in [1.29, 1.82) is 0 Å². The quantitative estimate of drug-likeness (QED) is 0.185. The van der Waals surface area contributed by atoms with E-state index in [4.69, 9.17) is 9.97 Å². The standard InChI is InChI=1S/C34H25IN4/c1-22-36-30-18-16-24(20-32(30)38(22)26-10-5-3-6-11-26)28-14-9-15-29(34(28)35)25-17-19-31-33(21-25)39(23(2)37-31)27-12-7-4-8-13-27/h3-21H,1-2H3. The van der Waals surface area contributed by atoms with E-state index in [0.717, 1.165) is 45.1 Å². The molecule has 7 aromatic rings. The lowest BCUT2D eigenvalue weighted by atomic mass is 9.98. The van der Waals surface area contributed by atoms with E-state index in [1.54, 1.807) is 0 Å². The highest BCUT2D eigenvalue weighted by Gasteiger charge is 2.16. The van der Waals surface area contributed by atoms with Crippen LogP contribution >= 0.6 is 22.6 Å². The van der Waals surface area contributed by atoms with Gasteiger partial charge < -0.3 is 0 Å². The lowest BCUT2D eigenvalue weighted by Gasteiger charge is -2.13. The number of para-hydroxylation sites is 2. The van der Waals surface area contributed by atoms with Gasteiger partial charge in [-0.3, -0.25) is 9.13 Å². The summed E-state index contributed by atoms with van der Waals surface area (Å²) in [5.41, 5.74) is 11.2. The summed E-state index contributed by atoms with van der Waals surface area (Å²) in [5.74, 6) is 1.96. The van der Waals surface area contributed by atoms with Crippen molar-refractivity contribution in [2.24, 2.45) is 0 Å². The van der Waals surface area contributed by atoms with Crippen molar-refractivity contribution < 1.29 is 0 Å². The molecule has 0 N–H and O–H groups in total. The van der Waals surface area contributed by atoms with Gasteiger partial charge in [-0.15, -0.1) is 0 Å². The van der Waals surface area contributed by atoms with Gasteiger partial charge in [-0.2, -0.15) is 0 Å². The molecule has 0 atom stereocenters. The van der Waals surface area contributed by atoms with E-state index in [-0.39, 0.29) is 0 Å². The molecular formula is C34H25IN4. The summed E-state index contributed by atoms with van der Waals surface area (Å²) in [4.78, 5) is 9.66. The Bertz CT molecular complexity index is 1840. The SMILES string of the molecule is Cc1nc2ccc(-c3cccc(-c4ccc5nc(C)n(-c6ccccc6)c5c4)c3I)cc2n1-c1ccccc1. The number of nitrogens with zero attached hydrogens (tertiary/aromatic N) is 4. The monoisotopic (exact) mass is 616 g/mol. The molecule has 0 amide bonds. The van der Waals surface area contributed by atoms with Crippen molar-refractivity contribution in [3.8, 4) is 33.6 Å². The first-order chi connectivity index (χ1) is 19.1. The second-order valence-electron chi connectivity index (χ2n) is 9.73. The van der Waals surface area contributed by atoms with Gasteiger partial charge in [0.15, 0.2) is 0 Å². The summed E-state index contributed by atoms with van der Waals surface area (Å²) in [7, 11) is 0. The lowest BCUT2D eigenvalue weighted by molar-refractivity contribution is 1.00. The molecule has 0 aliphatic carbocycles. The fraction of sp³-hybridized carbons (Fsp3) is 0.0588. The Morgan fingerprint density at radius 3 is 1.38 bits per heavy atom. The molecule has 0 aliphatic heterocycles. The van der Waals surface area contributed by atoms with Gasteiger partial charge in [0.1, 0.15) is 11.6 Å². The zero-order valence-corrected chi connectivity index (χ0v) is 23.8. The highest BCUT2D eigenvalue weighted by molar-refractivity contribution is 14.1. The average Bonchev–Trinajstić information content (AvgIpc) is 3.48. The minimum absolute atomic E-state index is 0.982. The number of rotatable bonds is 4. The van der Waals surface area contributed by atoms with E-state index in [1.807, 2.05) is 12.1 Å². The number of fused-ring (bicyclic) bond motifs is 2. The zero-order chi connectivity index (χ0) is 26.5. The van der Waals surface area contributed by atoms with Crippen LogP contribution in [0.4, 0.5) is 0 Å². The van der Waals surface area contributed by atoms with Crippen LogP contribution in [0.2, 0.25) is 0 Å². The van der Waals surface area contributed by atoms with Crippen molar-refractivity contribution in [3.63, 3.8) is 0 Å². The number of hydrogen-bond donors (Lipinski definition) is 0. The highest BCUT2D eigenvalue weighted by atomic mass is 127. The molecule has 0 unspecified atom stereocenters.